The summed E-state index contributed by atoms with van der Waals surface area (Å²) in [6.45, 7) is 2.54. The first-order valence-corrected chi connectivity index (χ1v) is 12.2. The maximum atomic E-state index is 12.8. The number of sulfone groups is 1. The van der Waals surface area contributed by atoms with E-state index in [-0.39, 0.29) is 12.6 Å². The molecule has 4 rings (SSSR count). The molecule has 29 heavy (non-hydrogen) atoms. The number of alkyl halides is 2. The lowest BCUT2D eigenvalue weighted by Crippen LogP contribution is -2.42. The lowest BCUT2D eigenvalue weighted by molar-refractivity contribution is 0.0909. The predicted molar refractivity (Wildman–Crippen MR) is 109 cm³/mol. The number of fused-ring (bicyclic) bond motifs is 1. The van der Waals surface area contributed by atoms with Crippen LogP contribution < -0.4 is 4.74 Å². The van der Waals surface area contributed by atoms with Gasteiger partial charge in [-0.05, 0) is 49.8 Å². The number of halogens is 2. The van der Waals surface area contributed by atoms with Crippen LogP contribution in [0.15, 0.2) is 30.5 Å². The van der Waals surface area contributed by atoms with Crippen molar-refractivity contribution in [3.63, 3.8) is 0 Å². The molecule has 0 saturated carbocycles. The van der Waals surface area contributed by atoms with Gasteiger partial charge >= 0.3 is 0 Å². The van der Waals surface area contributed by atoms with Gasteiger partial charge in [0.15, 0.2) is 0 Å². The van der Waals surface area contributed by atoms with Crippen molar-refractivity contribution < 1.29 is 21.9 Å². The van der Waals surface area contributed by atoms with Crippen LogP contribution in [0.5, 0.6) is 5.75 Å². The van der Waals surface area contributed by atoms with Crippen LogP contribution in [0.1, 0.15) is 25.7 Å². The van der Waals surface area contributed by atoms with E-state index in [0.29, 0.717) is 17.4 Å². The van der Waals surface area contributed by atoms with E-state index in [1.54, 1.807) is 10.8 Å². The molecule has 0 atom stereocenters. The molecule has 2 aromatic rings. The summed E-state index contributed by atoms with van der Waals surface area (Å²) in [5.74, 6) is 1.88. The van der Waals surface area contributed by atoms with Crippen LogP contribution in [0.4, 0.5) is 8.78 Å². The van der Waals surface area contributed by atoms with E-state index in [1.807, 2.05) is 24.3 Å². The first-order chi connectivity index (χ1) is 13.9. The summed E-state index contributed by atoms with van der Waals surface area (Å²) in [6, 6.07) is 7.45. The highest BCUT2D eigenvalue weighted by atomic mass is 32.2. The third-order valence-electron chi connectivity index (χ3n) is 6.13. The summed E-state index contributed by atoms with van der Waals surface area (Å²) in [7, 11) is -2.80. The number of rotatable bonds is 6. The summed E-state index contributed by atoms with van der Waals surface area (Å²) >= 11 is 0. The topological polar surface area (TPSA) is 51.5 Å². The molecule has 160 valence electrons. The van der Waals surface area contributed by atoms with Crippen LogP contribution in [0.2, 0.25) is 0 Å². The van der Waals surface area contributed by atoms with Crippen LogP contribution >= 0.6 is 0 Å². The second-order valence-electron chi connectivity index (χ2n) is 8.26. The summed E-state index contributed by atoms with van der Waals surface area (Å²) in [5, 5.41) is 0.874. The van der Waals surface area contributed by atoms with Crippen molar-refractivity contribution in [2.45, 2.75) is 44.8 Å². The second kappa shape index (κ2) is 8.60. The average molecular weight is 427 g/mol. The maximum absolute atomic E-state index is 12.8. The summed E-state index contributed by atoms with van der Waals surface area (Å²) in [4.78, 5) is 2.42. The van der Waals surface area contributed by atoms with Crippen molar-refractivity contribution in [1.29, 1.82) is 0 Å². The first kappa shape index (κ1) is 20.6. The molecule has 0 unspecified atom stereocenters. The Morgan fingerprint density at radius 2 is 1.79 bits per heavy atom. The molecule has 3 heterocycles. The number of benzene rings is 1. The smallest absolute Gasteiger partial charge is 0.256 e. The minimum absolute atomic E-state index is 0.113. The molecule has 2 aliphatic rings. The Morgan fingerprint density at radius 1 is 1.07 bits per heavy atom. The highest BCUT2D eigenvalue weighted by molar-refractivity contribution is 7.91. The van der Waals surface area contributed by atoms with Gasteiger partial charge in [0.05, 0.1) is 23.6 Å². The Morgan fingerprint density at radius 3 is 2.48 bits per heavy atom. The Labute approximate surface area is 170 Å². The molecule has 1 aromatic heterocycles. The van der Waals surface area contributed by atoms with Crippen molar-refractivity contribution in [3.05, 3.63) is 30.5 Å². The maximum Gasteiger partial charge on any atom is 0.256 e. The highest BCUT2D eigenvalue weighted by Crippen LogP contribution is 2.30. The average Bonchev–Trinajstić information content (AvgIpc) is 3.08. The van der Waals surface area contributed by atoms with Gasteiger partial charge in [-0.3, -0.25) is 0 Å². The van der Waals surface area contributed by atoms with Crippen molar-refractivity contribution in [2.24, 2.45) is 5.92 Å². The SMILES string of the molecule is O=S1(=O)CCC(CN2CCC(Oc3cccc4c3ccn4CC(F)F)CC2)CC1. The van der Waals surface area contributed by atoms with E-state index < -0.39 is 16.3 Å². The fourth-order valence-corrected chi connectivity index (χ4v) is 6.07. The van der Waals surface area contributed by atoms with Crippen LogP contribution in [0.25, 0.3) is 10.9 Å². The molecule has 0 N–H and O–H groups in total. The third-order valence-corrected chi connectivity index (χ3v) is 7.84. The number of ether oxygens (including phenoxy) is 1. The van der Waals surface area contributed by atoms with Gasteiger partial charge in [0.25, 0.3) is 6.43 Å². The summed E-state index contributed by atoms with van der Waals surface area (Å²) in [6.07, 6.45) is 2.80. The van der Waals surface area contributed by atoms with Crippen molar-refractivity contribution in [3.8, 4) is 5.75 Å². The van der Waals surface area contributed by atoms with Gasteiger partial charge in [0, 0.05) is 31.2 Å². The normalized spacial score (nSPS) is 21.8. The van der Waals surface area contributed by atoms with Crippen LogP contribution in [0.3, 0.4) is 0 Å². The van der Waals surface area contributed by atoms with Crippen molar-refractivity contribution in [1.82, 2.24) is 9.47 Å². The van der Waals surface area contributed by atoms with Crippen LogP contribution in [-0.2, 0) is 16.4 Å². The molecule has 5 nitrogen and oxygen atoms in total. The molecular formula is C21H28F2N2O3S. The van der Waals surface area contributed by atoms with Gasteiger partial charge in [-0.1, -0.05) is 6.07 Å². The number of aromatic nitrogens is 1. The Hall–Kier alpha value is -1.67. The van der Waals surface area contributed by atoms with E-state index >= 15 is 0 Å². The van der Waals surface area contributed by atoms with E-state index in [2.05, 4.69) is 4.90 Å². The number of hydrogen-bond donors (Lipinski definition) is 0. The minimum atomic E-state index is -2.80. The molecule has 0 spiro atoms. The van der Waals surface area contributed by atoms with Gasteiger partial charge in [-0.15, -0.1) is 0 Å². The molecule has 0 amide bonds. The van der Waals surface area contributed by atoms with E-state index in [4.69, 9.17) is 4.74 Å². The van der Waals surface area contributed by atoms with Gasteiger partial charge in [-0.2, -0.15) is 0 Å². The highest BCUT2D eigenvalue weighted by Gasteiger charge is 2.27. The molecule has 0 radical (unpaired) electrons. The van der Waals surface area contributed by atoms with Crippen LogP contribution in [-0.4, -0.2) is 61.6 Å². The lowest BCUT2D eigenvalue weighted by Gasteiger charge is -2.35. The molecule has 1 aromatic carbocycles. The van der Waals surface area contributed by atoms with Crippen molar-refractivity contribution >= 4 is 20.7 Å². The largest absolute Gasteiger partial charge is 0.490 e. The molecule has 0 bridgehead atoms. The Bertz CT molecular complexity index is 923. The van der Waals surface area contributed by atoms with Gasteiger partial charge in [-0.25, -0.2) is 17.2 Å². The molecule has 0 aliphatic carbocycles. The second-order valence-corrected chi connectivity index (χ2v) is 10.6. The van der Waals surface area contributed by atoms with Gasteiger partial charge in [0.1, 0.15) is 21.7 Å². The van der Waals surface area contributed by atoms with Gasteiger partial charge < -0.3 is 14.2 Å². The van der Waals surface area contributed by atoms with Crippen LogP contribution in [0, 0.1) is 5.92 Å². The Balaban J connectivity index is 1.31. The minimum Gasteiger partial charge on any atom is -0.490 e. The van der Waals surface area contributed by atoms with Gasteiger partial charge in [0.2, 0.25) is 0 Å². The summed E-state index contributed by atoms with van der Waals surface area (Å²) < 4.78 is 56.5. The predicted octanol–water partition coefficient (Wildman–Crippen LogP) is 3.57. The third kappa shape index (κ3) is 5.09. The molecule has 2 aliphatic heterocycles. The quantitative estimate of drug-likeness (QED) is 0.709. The van der Waals surface area contributed by atoms with E-state index in [1.165, 1.54) is 0 Å². The first-order valence-electron chi connectivity index (χ1n) is 10.3. The zero-order valence-corrected chi connectivity index (χ0v) is 17.3. The zero-order valence-electron chi connectivity index (χ0n) is 16.5. The summed E-state index contributed by atoms with van der Waals surface area (Å²) in [5.41, 5.74) is 0.771. The number of piperidine rings is 1. The van der Waals surface area contributed by atoms with E-state index in [9.17, 15) is 17.2 Å². The van der Waals surface area contributed by atoms with Crippen molar-refractivity contribution in [2.75, 3.05) is 31.1 Å². The standard InChI is InChI=1S/C21H28F2N2O3S/c22-21(23)15-25-11-6-18-19(25)2-1-3-20(18)28-17-4-9-24(10-5-17)14-16-7-12-29(26,27)13-8-16/h1-3,6,11,16-17,21H,4-5,7-10,12-15H2. The molecule has 8 heteroatoms. The number of likely N-dealkylation sites (tertiary alicyclic amines) is 1. The van der Waals surface area contributed by atoms with E-state index in [0.717, 1.165) is 62.0 Å². The Kier molecular flexibility index (Phi) is 6.11. The monoisotopic (exact) mass is 426 g/mol. The lowest BCUT2D eigenvalue weighted by atomic mass is 10.00. The fraction of sp³-hybridized carbons (Fsp3) is 0.619. The molecule has 2 fully saturated rings. The zero-order chi connectivity index (χ0) is 20.4. The molecular weight excluding hydrogens is 398 g/mol. The number of hydrogen-bond acceptors (Lipinski definition) is 4. The molecule has 2 saturated heterocycles. The number of nitrogens with zero attached hydrogens (tertiary/aromatic N) is 2. The fourth-order valence-electron chi connectivity index (χ4n) is 4.48.